The summed E-state index contributed by atoms with van der Waals surface area (Å²) < 4.78 is 0.408. The van der Waals surface area contributed by atoms with Gasteiger partial charge in [0.15, 0.2) is 0 Å². The molecule has 3 saturated carbocycles. The molecule has 5 rings (SSSR count). The predicted molar refractivity (Wildman–Crippen MR) is 120 cm³/mol. The quantitative estimate of drug-likeness (QED) is 0.443. The second-order valence-corrected chi connectivity index (χ2v) is 12.1. The highest BCUT2D eigenvalue weighted by Crippen LogP contribution is 2.65. The minimum atomic E-state index is -0.0352. The van der Waals surface area contributed by atoms with E-state index in [0.717, 1.165) is 37.5 Å². The van der Waals surface area contributed by atoms with Crippen molar-refractivity contribution in [2.75, 3.05) is 11.5 Å². The summed E-state index contributed by atoms with van der Waals surface area (Å²) in [5, 5.41) is 0. The van der Waals surface area contributed by atoms with Crippen LogP contribution in [0.4, 0.5) is 0 Å². The molecule has 1 nitrogen and oxygen atoms in total. The molecule has 0 amide bonds. The average molecular weight is 405 g/mol. The van der Waals surface area contributed by atoms with Crippen LogP contribution in [0.2, 0.25) is 0 Å². The summed E-state index contributed by atoms with van der Waals surface area (Å²) in [5.41, 5.74) is 3.15. The van der Waals surface area contributed by atoms with Crippen LogP contribution in [0.1, 0.15) is 72.1 Å². The Kier molecular flexibility index (Phi) is 5.66. The lowest BCUT2D eigenvalue weighted by molar-refractivity contribution is -0.130. The molecule has 150 valence electrons. The maximum Gasteiger partial charge on any atom is 0.139 e. The lowest BCUT2D eigenvalue weighted by atomic mass is 9.50. The number of carbonyl (C=O) groups excluding carboxylic acids is 1. The van der Waals surface area contributed by atoms with E-state index < -0.39 is 0 Å². The summed E-state index contributed by atoms with van der Waals surface area (Å²) in [7, 11) is 0. The molecule has 5 atom stereocenters. The SMILES string of the molecule is C=C1CC2(CC)C(=O)CCC2C2CCC3=CC4(CCC3C12)SCCS4.CC. The lowest BCUT2D eigenvalue weighted by Gasteiger charge is -2.54. The molecule has 0 radical (unpaired) electrons. The number of allylic oxidation sites excluding steroid dienone is 2. The van der Waals surface area contributed by atoms with Gasteiger partial charge < -0.3 is 0 Å². The number of fused-ring (bicyclic) bond motifs is 5. The van der Waals surface area contributed by atoms with Crippen LogP contribution in [-0.2, 0) is 4.79 Å². The van der Waals surface area contributed by atoms with E-state index in [1.165, 1.54) is 42.8 Å². The number of rotatable bonds is 1. The fourth-order valence-electron chi connectivity index (χ4n) is 7.20. The van der Waals surface area contributed by atoms with Gasteiger partial charge in [-0.15, -0.1) is 23.5 Å². The highest BCUT2D eigenvalue weighted by Gasteiger charge is 2.59. The zero-order valence-electron chi connectivity index (χ0n) is 17.4. The standard InChI is InChI=1S/C22H30OS2.C2H6/c1-3-21-12-14(2)20-16-8-9-22(24-10-11-25-22)13-15(16)4-5-17(20)18(21)6-7-19(21)23;1-2/h13,16-18,20H,2-12H2,1H3;1-2H3. The van der Waals surface area contributed by atoms with E-state index in [9.17, 15) is 4.79 Å². The Balaban J connectivity index is 0.000000872. The van der Waals surface area contributed by atoms with Gasteiger partial charge in [0.2, 0.25) is 0 Å². The minimum Gasteiger partial charge on any atom is -0.299 e. The molecule has 1 aliphatic heterocycles. The molecule has 1 spiro atoms. The molecule has 5 unspecified atom stereocenters. The first kappa shape index (κ1) is 20.1. The Hall–Kier alpha value is -0.150. The van der Waals surface area contributed by atoms with Gasteiger partial charge in [-0.05, 0) is 68.6 Å². The van der Waals surface area contributed by atoms with Crippen molar-refractivity contribution in [3.05, 3.63) is 23.8 Å². The van der Waals surface area contributed by atoms with Gasteiger partial charge in [0.25, 0.3) is 0 Å². The molecule has 4 aliphatic carbocycles. The van der Waals surface area contributed by atoms with Gasteiger partial charge in [0.1, 0.15) is 5.78 Å². The van der Waals surface area contributed by atoms with E-state index in [1.54, 1.807) is 5.57 Å². The van der Waals surface area contributed by atoms with Crippen LogP contribution >= 0.6 is 23.5 Å². The van der Waals surface area contributed by atoms with E-state index >= 15 is 0 Å². The van der Waals surface area contributed by atoms with Crippen LogP contribution in [0.25, 0.3) is 0 Å². The largest absolute Gasteiger partial charge is 0.299 e. The fraction of sp³-hybridized carbons (Fsp3) is 0.792. The number of carbonyl (C=O) groups is 1. The number of hydrogen-bond donors (Lipinski definition) is 0. The molecule has 3 heteroatoms. The van der Waals surface area contributed by atoms with Crippen LogP contribution in [0.5, 0.6) is 0 Å². The summed E-state index contributed by atoms with van der Waals surface area (Å²) in [5.74, 6) is 5.99. The average Bonchev–Trinajstić information content (AvgIpc) is 3.28. The topological polar surface area (TPSA) is 17.1 Å². The van der Waals surface area contributed by atoms with Crippen molar-refractivity contribution in [3.8, 4) is 0 Å². The van der Waals surface area contributed by atoms with E-state index in [-0.39, 0.29) is 5.41 Å². The molecular weight excluding hydrogens is 368 g/mol. The Morgan fingerprint density at radius 2 is 1.89 bits per heavy atom. The first-order chi connectivity index (χ1) is 13.1. The maximum absolute atomic E-state index is 12.8. The van der Waals surface area contributed by atoms with Crippen LogP contribution < -0.4 is 0 Å². The Bertz CT molecular complexity index is 645. The summed E-state index contributed by atoms with van der Waals surface area (Å²) in [6.45, 7) is 10.8. The van der Waals surface area contributed by atoms with Crippen molar-refractivity contribution in [1.29, 1.82) is 0 Å². The molecule has 0 bridgehead atoms. The van der Waals surface area contributed by atoms with E-state index in [1.807, 2.05) is 13.8 Å². The van der Waals surface area contributed by atoms with E-state index in [0.29, 0.717) is 21.7 Å². The minimum absolute atomic E-state index is 0.0352. The summed E-state index contributed by atoms with van der Waals surface area (Å²) >= 11 is 4.38. The van der Waals surface area contributed by atoms with Gasteiger partial charge in [-0.2, -0.15) is 0 Å². The van der Waals surface area contributed by atoms with Gasteiger partial charge in [-0.1, -0.05) is 44.6 Å². The number of thioether (sulfide) groups is 2. The maximum atomic E-state index is 12.8. The van der Waals surface area contributed by atoms with E-state index in [2.05, 4.69) is 43.1 Å². The van der Waals surface area contributed by atoms with Crippen LogP contribution in [-0.4, -0.2) is 21.4 Å². The molecule has 0 aromatic heterocycles. The molecular formula is C24H36OS2. The van der Waals surface area contributed by atoms with Gasteiger partial charge in [0, 0.05) is 23.3 Å². The molecule has 1 heterocycles. The van der Waals surface area contributed by atoms with Crippen LogP contribution in [0.3, 0.4) is 0 Å². The van der Waals surface area contributed by atoms with Crippen molar-refractivity contribution in [2.24, 2.45) is 29.1 Å². The zero-order valence-corrected chi connectivity index (χ0v) is 19.0. The van der Waals surface area contributed by atoms with Gasteiger partial charge in [-0.3, -0.25) is 4.79 Å². The molecule has 0 aromatic carbocycles. The van der Waals surface area contributed by atoms with Gasteiger partial charge in [0.05, 0.1) is 4.08 Å². The van der Waals surface area contributed by atoms with Crippen LogP contribution in [0, 0.1) is 29.1 Å². The Morgan fingerprint density at radius 1 is 1.15 bits per heavy atom. The zero-order chi connectivity index (χ0) is 19.2. The second kappa shape index (κ2) is 7.59. The Morgan fingerprint density at radius 3 is 2.59 bits per heavy atom. The summed E-state index contributed by atoms with van der Waals surface area (Å²) in [4.78, 5) is 12.8. The second-order valence-electron chi connectivity index (χ2n) is 9.01. The predicted octanol–water partition coefficient (Wildman–Crippen LogP) is 6.89. The number of Topliss-reactive ketones (excluding diaryl/α,β-unsaturated/α-hetero) is 1. The smallest absolute Gasteiger partial charge is 0.139 e. The van der Waals surface area contributed by atoms with Crippen molar-refractivity contribution >= 4 is 29.3 Å². The highest BCUT2D eigenvalue weighted by atomic mass is 32.2. The van der Waals surface area contributed by atoms with Crippen molar-refractivity contribution in [1.82, 2.24) is 0 Å². The first-order valence-electron chi connectivity index (χ1n) is 11.3. The summed E-state index contributed by atoms with van der Waals surface area (Å²) in [6.07, 6.45) is 12.0. The Labute approximate surface area is 174 Å². The van der Waals surface area contributed by atoms with Crippen molar-refractivity contribution in [2.45, 2.75) is 76.2 Å². The highest BCUT2D eigenvalue weighted by molar-refractivity contribution is 8.21. The molecule has 1 saturated heterocycles. The summed E-state index contributed by atoms with van der Waals surface area (Å²) in [6, 6.07) is 0. The third-order valence-corrected chi connectivity index (χ3v) is 11.6. The molecule has 4 fully saturated rings. The van der Waals surface area contributed by atoms with Gasteiger partial charge >= 0.3 is 0 Å². The monoisotopic (exact) mass is 404 g/mol. The van der Waals surface area contributed by atoms with Crippen molar-refractivity contribution in [3.63, 3.8) is 0 Å². The third-order valence-electron chi connectivity index (χ3n) is 8.23. The number of ketones is 1. The molecule has 27 heavy (non-hydrogen) atoms. The molecule has 0 N–H and O–H groups in total. The molecule has 0 aromatic rings. The van der Waals surface area contributed by atoms with E-state index in [4.69, 9.17) is 0 Å². The third kappa shape index (κ3) is 3.01. The van der Waals surface area contributed by atoms with Crippen molar-refractivity contribution < 1.29 is 4.79 Å². The van der Waals surface area contributed by atoms with Crippen LogP contribution in [0.15, 0.2) is 23.8 Å². The van der Waals surface area contributed by atoms with Gasteiger partial charge in [-0.25, -0.2) is 0 Å². The first-order valence-corrected chi connectivity index (χ1v) is 13.3. The molecule has 5 aliphatic rings. The normalized spacial score (nSPS) is 42.0. The fourth-order valence-corrected chi connectivity index (χ4v) is 10.4. The lowest BCUT2D eigenvalue weighted by Crippen LogP contribution is -2.49. The number of hydrogen-bond acceptors (Lipinski definition) is 3.